The molecule has 78 valence electrons. The normalized spacial score (nSPS) is 10.1. The van der Waals surface area contributed by atoms with E-state index < -0.39 is 0 Å². The van der Waals surface area contributed by atoms with Gasteiger partial charge in [0.05, 0.1) is 0 Å². The summed E-state index contributed by atoms with van der Waals surface area (Å²) in [5, 5.41) is 8.59. The van der Waals surface area contributed by atoms with Gasteiger partial charge in [-0.15, -0.1) is 0 Å². The Bertz CT molecular complexity index is 137. The first-order valence-corrected chi connectivity index (χ1v) is 5.08. The fourth-order valence-corrected chi connectivity index (χ4v) is 1.19. The molecule has 1 amide bonds. The van der Waals surface area contributed by atoms with Crippen molar-refractivity contribution in [3.63, 3.8) is 0 Å². The summed E-state index contributed by atoms with van der Waals surface area (Å²) in [6.07, 6.45) is 3.87. The predicted octanol–water partition coefficient (Wildman–Crippen LogP) is 1.41. The molecule has 0 rings (SSSR count). The van der Waals surface area contributed by atoms with Crippen molar-refractivity contribution in [1.82, 2.24) is 4.90 Å². The summed E-state index contributed by atoms with van der Waals surface area (Å²) in [5.41, 5.74) is 0. The molecule has 0 atom stereocenters. The van der Waals surface area contributed by atoms with Gasteiger partial charge in [0.1, 0.15) is 0 Å². The molecule has 0 heterocycles. The molecule has 0 aliphatic carbocycles. The van der Waals surface area contributed by atoms with Crippen LogP contribution in [0.5, 0.6) is 0 Å². The van der Waals surface area contributed by atoms with Crippen molar-refractivity contribution >= 4 is 5.91 Å². The maximum absolute atomic E-state index is 11.1. The Hall–Kier alpha value is -0.570. The van der Waals surface area contributed by atoms with Gasteiger partial charge in [-0.05, 0) is 19.3 Å². The number of carbonyl (C=O) groups is 1. The Morgan fingerprint density at radius 1 is 1.23 bits per heavy atom. The molecule has 0 aliphatic rings. The van der Waals surface area contributed by atoms with Gasteiger partial charge >= 0.3 is 0 Å². The lowest BCUT2D eigenvalue weighted by Crippen LogP contribution is -2.30. The van der Waals surface area contributed by atoms with Crippen molar-refractivity contribution in [1.29, 1.82) is 0 Å². The van der Waals surface area contributed by atoms with Crippen LogP contribution in [0.3, 0.4) is 0 Å². The quantitative estimate of drug-likeness (QED) is 0.612. The van der Waals surface area contributed by atoms with Crippen LogP contribution in [0.1, 0.15) is 39.5 Å². The number of aliphatic hydroxyl groups is 1. The van der Waals surface area contributed by atoms with Crippen molar-refractivity contribution in [2.24, 2.45) is 0 Å². The molecule has 0 spiro atoms. The Morgan fingerprint density at radius 3 is 2.31 bits per heavy atom. The van der Waals surface area contributed by atoms with E-state index in [9.17, 15) is 4.79 Å². The minimum Gasteiger partial charge on any atom is -0.396 e. The molecule has 0 aromatic rings. The lowest BCUT2D eigenvalue weighted by Gasteiger charge is -2.20. The third-order valence-electron chi connectivity index (χ3n) is 2.06. The van der Waals surface area contributed by atoms with Crippen molar-refractivity contribution in [2.75, 3.05) is 19.7 Å². The molecule has 3 nitrogen and oxygen atoms in total. The average molecular weight is 187 g/mol. The number of hydrogen-bond acceptors (Lipinski definition) is 2. The lowest BCUT2D eigenvalue weighted by atomic mass is 10.2. The predicted molar refractivity (Wildman–Crippen MR) is 53.5 cm³/mol. The van der Waals surface area contributed by atoms with E-state index >= 15 is 0 Å². The van der Waals surface area contributed by atoms with Gasteiger partial charge in [-0.1, -0.05) is 13.3 Å². The van der Waals surface area contributed by atoms with Crippen LogP contribution in [-0.2, 0) is 4.79 Å². The summed E-state index contributed by atoms with van der Waals surface area (Å²) in [7, 11) is 0. The minimum absolute atomic E-state index is 0.145. The highest BCUT2D eigenvalue weighted by Gasteiger charge is 2.06. The van der Waals surface area contributed by atoms with Crippen LogP contribution in [-0.4, -0.2) is 35.6 Å². The molecule has 13 heavy (non-hydrogen) atoms. The fraction of sp³-hybridized carbons (Fsp3) is 0.900. The Kier molecular flexibility index (Phi) is 7.69. The van der Waals surface area contributed by atoms with Crippen LogP contribution in [0.25, 0.3) is 0 Å². The van der Waals surface area contributed by atoms with Gasteiger partial charge in [0, 0.05) is 26.6 Å². The summed E-state index contributed by atoms with van der Waals surface area (Å²) in [4.78, 5) is 13.0. The Labute approximate surface area is 80.7 Å². The fourth-order valence-electron chi connectivity index (χ4n) is 1.19. The first-order valence-electron chi connectivity index (χ1n) is 5.08. The zero-order valence-electron chi connectivity index (χ0n) is 8.75. The van der Waals surface area contributed by atoms with E-state index in [1.807, 2.05) is 4.90 Å². The van der Waals surface area contributed by atoms with Gasteiger partial charge < -0.3 is 10.0 Å². The molecule has 1 N–H and O–H groups in total. The van der Waals surface area contributed by atoms with Gasteiger partial charge in [-0.3, -0.25) is 4.79 Å². The number of amides is 1. The molecule has 0 saturated carbocycles. The van der Waals surface area contributed by atoms with Gasteiger partial charge in [0.15, 0.2) is 0 Å². The van der Waals surface area contributed by atoms with Crippen LogP contribution in [0.15, 0.2) is 0 Å². The number of aliphatic hydroxyl groups excluding tert-OH is 1. The zero-order chi connectivity index (χ0) is 10.1. The van der Waals surface area contributed by atoms with Crippen molar-refractivity contribution < 1.29 is 9.90 Å². The van der Waals surface area contributed by atoms with Gasteiger partial charge in [0.25, 0.3) is 0 Å². The molecule has 0 aromatic carbocycles. The molecule has 0 aromatic heterocycles. The Morgan fingerprint density at radius 2 is 1.85 bits per heavy atom. The topological polar surface area (TPSA) is 40.5 Å². The van der Waals surface area contributed by atoms with Crippen molar-refractivity contribution in [3.8, 4) is 0 Å². The van der Waals surface area contributed by atoms with E-state index in [-0.39, 0.29) is 12.5 Å². The highest BCUT2D eigenvalue weighted by atomic mass is 16.2. The molecule has 0 saturated heterocycles. The maximum atomic E-state index is 11.1. The molecular weight excluding hydrogens is 166 g/mol. The summed E-state index contributed by atoms with van der Waals surface area (Å²) >= 11 is 0. The van der Waals surface area contributed by atoms with Crippen LogP contribution in [0.2, 0.25) is 0 Å². The smallest absolute Gasteiger partial charge is 0.219 e. The second-order valence-electron chi connectivity index (χ2n) is 3.29. The van der Waals surface area contributed by atoms with E-state index in [0.29, 0.717) is 0 Å². The van der Waals surface area contributed by atoms with E-state index in [1.165, 1.54) is 0 Å². The van der Waals surface area contributed by atoms with Crippen LogP contribution < -0.4 is 0 Å². The SMILES string of the molecule is CCCCN(CCCCO)C(C)=O. The standard InChI is InChI=1S/C10H21NO2/c1-3-4-7-11(10(2)13)8-5-6-9-12/h12H,3-9H2,1-2H3. The van der Waals surface area contributed by atoms with Gasteiger partial charge in [-0.2, -0.15) is 0 Å². The van der Waals surface area contributed by atoms with Crippen LogP contribution in [0.4, 0.5) is 0 Å². The monoisotopic (exact) mass is 187 g/mol. The molecule has 0 unspecified atom stereocenters. The van der Waals surface area contributed by atoms with E-state index in [4.69, 9.17) is 5.11 Å². The molecular formula is C10H21NO2. The summed E-state index contributed by atoms with van der Waals surface area (Å²) in [6.45, 7) is 5.59. The molecule has 3 heteroatoms. The highest BCUT2D eigenvalue weighted by Crippen LogP contribution is 1.99. The minimum atomic E-state index is 0.145. The van der Waals surface area contributed by atoms with E-state index in [2.05, 4.69) is 6.92 Å². The second-order valence-corrected chi connectivity index (χ2v) is 3.29. The van der Waals surface area contributed by atoms with Gasteiger partial charge in [-0.25, -0.2) is 0 Å². The zero-order valence-corrected chi connectivity index (χ0v) is 8.75. The molecule has 0 radical (unpaired) electrons. The Balaban J connectivity index is 3.61. The molecule has 0 fully saturated rings. The summed E-state index contributed by atoms with van der Waals surface area (Å²) in [6, 6.07) is 0. The van der Waals surface area contributed by atoms with Gasteiger partial charge in [0.2, 0.25) is 5.91 Å². The first-order chi connectivity index (χ1) is 6.22. The van der Waals surface area contributed by atoms with Crippen LogP contribution in [0, 0.1) is 0 Å². The third-order valence-corrected chi connectivity index (χ3v) is 2.06. The van der Waals surface area contributed by atoms with E-state index in [1.54, 1.807) is 6.92 Å². The number of unbranched alkanes of at least 4 members (excludes halogenated alkanes) is 2. The highest BCUT2D eigenvalue weighted by molar-refractivity contribution is 5.73. The number of rotatable bonds is 7. The largest absolute Gasteiger partial charge is 0.396 e. The first kappa shape index (κ1) is 12.4. The molecule has 0 aliphatic heterocycles. The number of nitrogens with zero attached hydrogens (tertiary/aromatic N) is 1. The van der Waals surface area contributed by atoms with Crippen molar-refractivity contribution in [2.45, 2.75) is 39.5 Å². The van der Waals surface area contributed by atoms with Crippen molar-refractivity contribution in [3.05, 3.63) is 0 Å². The third kappa shape index (κ3) is 6.58. The number of carbonyl (C=O) groups excluding carboxylic acids is 1. The summed E-state index contributed by atoms with van der Waals surface area (Å²) < 4.78 is 0. The summed E-state index contributed by atoms with van der Waals surface area (Å²) in [5.74, 6) is 0.145. The maximum Gasteiger partial charge on any atom is 0.219 e. The second kappa shape index (κ2) is 8.05. The lowest BCUT2D eigenvalue weighted by molar-refractivity contribution is -0.129. The number of hydrogen-bond donors (Lipinski definition) is 1. The van der Waals surface area contributed by atoms with Crippen LogP contribution >= 0.6 is 0 Å². The van der Waals surface area contributed by atoms with E-state index in [0.717, 1.165) is 38.8 Å². The molecule has 0 bridgehead atoms. The average Bonchev–Trinajstić information content (AvgIpc) is 2.10.